The summed E-state index contributed by atoms with van der Waals surface area (Å²) in [6.07, 6.45) is 4.34. The van der Waals surface area contributed by atoms with Crippen molar-refractivity contribution in [3.05, 3.63) is 57.4 Å². The lowest BCUT2D eigenvalue weighted by atomic mass is 10.1. The largest absolute Gasteiger partial charge is 0.389 e. The topological polar surface area (TPSA) is 126 Å². The van der Waals surface area contributed by atoms with Crippen molar-refractivity contribution in [3.63, 3.8) is 0 Å². The number of β-amino-alcohol motifs (C(OH)–C–C–N with tert-alkyl or cyclic N) is 1. The Morgan fingerprint density at radius 2 is 2.05 bits per heavy atom. The smallest absolute Gasteiger partial charge is 0.236 e. The van der Waals surface area contributed by atoms with Crippen LogP contribution in [-0.4, -0.2) is 85.9 Å². The molecule has 222 valence electrons. The van der Waals surface area contributed by atoms with Gasteiger partial charge in [0.05, 0.1) is 30.4 Å². The Bertz CT molecular complexity index is 1770. The normalized spacial score (nSPS) is 19.9. The highest BCUT2D eigenvalue weighted by Gasteiger charge is 2.41. The predicted octanol–water partition coefficient (Wildman–Crippen LogP) is 3.45. The van der Waals surface area contributed by atoms with Crippen LogP contribution in [0.4, 0.5) is 15.3 Å². The van der Waals surface area contributed by atoms with Gasteiger partial charge in [-0.2, -0.15) is 14.9 Å². The van der Waals surface area contributed by atoms with Crippen molar-refractivity contribution in [2.75, 3.05) is 38.1 Å². The van der Waals surface area contributed by atoms with E-state index in [1.165, 1.54) is 29.2 Å². The van der Waals surface area contributed by atoms with Gasteiger partial charge in [-0.3, -0.25) is 10.1 Å². The molecule has 0 aliphatic carbocycles. The number of nitrogens with one attached hydrogen (secondary N) is 1. The number of amides is 1. The van der Waals surface area contributed by atoms with Gasteiger partial charge in [-0.1, -0.05) is 35.7 Å². The van der Waals surface area contributed by atoms with Crippen LogP contribution >= 0.6 is 22.7 Å². The lowest BCUT2D eigenvalue weighted by molar-refractivity contribution is -0.140. The van der Waals surface area contributed by atoms with Crippen LogP contribution in [0.3, 0.4) is 0 Å². The van der Waals surface area contributed by atoms with Crippen molar-refractivity contribution < 1.29 is 14.3 Å². The van der Waals surface area contributed by atoms with Crippen molar-refractivity contribution in [3.8, 4) is 17.3 Å². The molecule has 1 aromatic carbocycles. The molecule has 1 unspecified atom stereocenters. The minimum atomic E-state index is -0.408. The molecule has 4 aromatic rings. The molecule has 2 N–H and O–H groups in total. The molecule has 3 aliphatic heterocycles. The van der Waals surface area contributed by atoms with E-state index >= 15 is 0 Å². The van der Waals surface area contributed by atoms with Crippen LogP contribution in [0.25, 0.3) is 16.2 Å². The molecule has 3 aromatic heterocycles. The van der Waals surface area contributed by atoms with Crippen molar-refractivity contribution >= 4 is 44.5 Å². The molecule has 0 saturated carbocycles. The van der Waals surface area contributed by atoms with E-state index in [2.05, 4.69) is 22.4 Å². The van der Waals surface area contributed by atoms with E-state index in [0.717, 1.165) is 40.9 Å². The Morgan fingerprint density at radius 1 is 1.26 bits per heavy atom. The molecular weight excluding hydrogens is 590 g/mol. The fourth-order valence-electron chi connectivity index (χ4n) is 6.07. The number of carbonyl (C=O) groups is 1. The monoisotopic (exact) mass is 619 g/mol. The fourth-order valence-corrected chi connectivity index (χ4v) is 7.96. The Hall–Kier alpha value is -3.90. The first-order valence-corrected chi connectivity index (χ1v) is 15.9. The Balaban J connectivity index is 1.16. The molecule has 11 nitrogen and oxygen atoms in total. The number of imidazole rings is 1. The van der Waals surface area contributed by atoms with E-state index in [1.807, 2.05) is 23.4 Å². The minimum absolute atomic E-state index is 0.00953. The number of aryl methyl sites for hydroxylation is 1. The summed E-state index contributed by atoms with van der Waals surface area (Å²) in [5, 5.41) is 29.5. The Kier molecular flexibility index (Phi) is 7.13. The number of benzene rings is 1. The maximum Gasteiger partial charge on any atom is 0.236 e. The minimum Gasteiger partial charge on any atom is -0.389 e. The SMILES string of the molecule is CCc1nc2sc([C@@H]3CC(NCC(=O)N4CC(O)C4)N4CCC=C34)nn2c1N(C)c1nc(-c2ccc(F)cc2)c(C#N)s1. The van der Waals surface area contributed by atoms with Crippen LogP contribution in [0.2, 0.25) is 0 Å². The van der Waals surface area contributed by atoms with Gasteiger partial charge in [-0.15, -0.1) is 0 Å². The zero-order chi connectivity index (χ0) is 29.8. The highest BCUT2D eigenvalue weighted by molar-refractivity contribution is 7.17. The predicted molar refractivity (Wildman–Crippen MR) is 162 cm³/mol. The molecule has 2 saturated heterocycles. The zero-order valence-electron chi connectivity index (χ0n) is 23.7. The second-order valence-electron chi connectivity index (χ2n) is 11.0. The summed E-state index contributed by atoms with van der Waals surface area (Å²) in [5.41, 5.74) is 3.32. The first kappa shape index (κ1) is 27.9. The summed E-state index contributed by atoms with van der Waals surface area (Å²) in [6.45, 7) is 4.00. The maximum atomic E-state index is 13.5. The molecule has 7 rings (SSSR count). The van der Waals surface area contributed by atoms with Crippen LogP contribution in [0.15, 0.2) is 36.0 Å². The summed E-state index contributed by atoms with van der Waals surface area (Å²) in [4.78, 5) is 29.4. The second kappa shape index (κ2) is 11.0. The van der Waals surface area contributed by atoms with Crippen molar-refractivity contribution in [2.24, 2.45) is 0 Å². The van der Waals surface area contributed by atoms with Crippen LogP contribution < -0.4 is 10.2 Å². The van der Waals surface area contributed by atoms with E-state index in [1.54, 1.807) is 28.4 Å². The number of halogens is 1. The number of fused-ring (bicyclic) bond motifs is 2. The maximum absolute atomic E-state index is 13.5. The van der Waals surface area contributed by atoms with Gasteiger partial charge >= 0.3 is 0 Å². The number of aliphatic hydroxyl groups excluding tert-OH is 1. The number of carbonyl (C=O) groups excluding carboxylic acids is 1. The number of anilines is 2. The van der Waals surface area contributed by atoms with Crippen LogP contribution in [0.1, 0.15) is 41.3 Å². The number of rotatable bonds is 8. The Labute approximate surface area is 255 Å². The highest BCUT2D eigenvalue weighted by Crippen LogP contribution is 2.45. The molecule has 14 heteroatoms. The lowest BCUT2D eigenvalue weighted by Crippen LogP contribution is -2.56. The fraction of sp³-hybridized carbons (Fsp3) is 0.414. The zero-order valence-corrected chi connectivity index (χ0v) is 25.3. The number of aliphatic hydroxyl groups is 1. The molecule has 2 atom stereocenters. The molecule has 3 aliphatic rings. The second-order valence-corrected chi connectivity index (χ2v) is 12.9. The summed E-state index contributed by atoms with van der Waals surface area (Å²) >= 11 is 2.85. The van der Waals surface area contributed by atoms with Gasteiger partial charge in [0.15, 0.2) is 10.9 Å². The van der Waals surface area contributed by atoms with E-state index in [-0.39, 0.29) is 30.4 Å². The first-order valence-electron chi connectivity index (χ1n) is 14.3. The van der Waals surface area contributed by atoms with Crippen LogP contribution in [-0.2, 0) is 11.2 Å². The van der Waals surface area contributed by atoms with Gasteiger partial charge in [0.1, 0.15) is 27.5 Å². The molecule has 43 heavy (non-hydrogen) atoms. The van der Waals surface area contributed by atoms with Gasteiger partial charge in [0.2, 0.25) is 10.9 Å². The number of hydrogen-bond acceptors (Lipinski definition) is 11. The summed E-state index contributed by atoms with van der Waals surface area (Å²) in [7, 11) is 1.90. The standard InChI is InChI=1S/C29H30FN9O2S2/c1-3-20-27(36(2)28-34-25(22(12-31)42-28)16-6-8-17(30)9-7-16)39-29(33-20)43-26(35-39)19-11-23(38-10-4-5-21(19)38)32-13-24(41)37-14-18(40)15-37/h5-9,18-19,23,32,40H,3-4,10-11,13-15H2,1-2H3/t19-,23?/m1/s1. The quantitative estimate of drug-likeness (QED) is 0.305. The van der Waals surface area contributed by atoms with Crippen molar-refractivity contribution in [2.45, 2.75) is 44.4 Å². The molecule has 6 heterocycles. The third-order valence-electron chi connectivity index (χ3n) is 8.29. The first-order chi connectivity index (χ1) is 20.8. The van der Waals surface area contributed by atoms with E-state index < -0.39 is 6.10 Å². The number of aromatic nitrogens is 4. The van der Waals surface area contributed by atoms with Crippen molar-refractivity contribution in [1.82, 2.24) is 34.7 Å². The third-order valence-corrected chi connectivity index (χ3v) is 10.3. The number of hydrogen-bond donors (Lipinski definition) is 2. The molecule has 0 bridgehead atoms. The summed E-state index contributed by atoms with van der Waals surface area (Å²) in [5.74, 6) is 0.558. The van der Waals surface area contributed by atoms with Gasteiger partial charge in [0.25, 0.3) is 0 Å². The molecule has 0 spiro atoms. The summed E-state index contributed by atoms with van der Waals surface area (Å²) in [6, 6.07) is 8.24. The van der Waals surface area contributed by atoms with Crippen LogP contribution in [0, 0.1) is 17.1 Å². The summed E-state index contributed by atoms with van der Waals surface area (Å²) < 4.78 is 15.4. The van der Waals surface area contributed by atoms with E-state index in [9.17, 15) is 19.6 Å². The van der Waals surface area contributed by atoms with Gasteiger partial charge in [-0.25, -0.2) is 14.4 Å². The number of nitriles is 1. The van der Waals surface area contributed by atoms with Gasteiger partial charge in [-0.05, 0) is 43.5 Å². The lowest BCUT2D eigenvalue weighted by Gasteiger charge is -2.36. The average Bonchev–Trinajstić information content (AvgIpc) is 3.80. The molecule has 0 radical (unpaired) electrons. The number of likely N-dealkylation sites (tertiary alicyclic amines) is 1. The van der Waals surface area contributed by atoms with Crippen molar-refractivity contribution in [1.29, 1.82) is 5.26 Å². The highest BCUT2D eigenvalue weighted by atomic mass is 32.1. The average molecular weight is 620 g/mol. The van der Waals surface area contributed by atoms with Gasteiger partial charge in [0, 0.05) is 37.9 Å². The van der Waals surface area contributed by atoms with E-state index in [0.29, 0.717) is 40.8 Å². The number of allylic oxidation sites excluding steroid dienone is 1. The van der Waals surface area contributed by atoms with Crippen LogP contribution in [0.5, 0.6) is 0 Å². The third kappa shape index (κ3) is 4.86. The number of nitrogens with zero attached hydrogens (tertiary/aromatic N) is 8. The molecule has 1 amide bonds. The number of thiazole rings is 1. The van der Waals surface area contributed by atoms with E-state index in [4.69, 9.17) is 15.1 Å². The molecule has 2 fully saturated rings. The molecular formula is C29H30FN9O2S2. The van der Waals surface area contributed by atoms with Gasteiger partial charge < -0.3 is 19.8 Å². The Morgan fingerprint density at radius 3 is 2.77 bits per heavy atom.